The molecule has 2 heterocycles. The number of ether oxygens (including phenoxy) is 1. The van der Waals surface area contributed by atoms with Gasteiger partial charge in [-0.3, -0.25) is 19.2 Å². The highest BCUT2D eigenvalue weighted by molar-refractivity contribution is 6.04. The molecule has 0 saturated heterocycles. The zero-order valence-corrected chi connectivity index (χ0v) is 15.6. The molecule has 0 atom stereocenters. The van der Waals surface area contributed by atoms with Gasteiger partial charge in [0.2, 0.25) is 5.91 Å². The van der Waals surface area contributed by atoms with E-state index in [9.17, 15) is 19.2 Å². The van der Waals surface area contributed by atoms with Gasteiger partial charge in [0, 0.05) is 23.7 Å². The number of nitrogens with one attached hydrogen (secondary N) is 1. The average molecular weight is 391 g/mol. The number of aromatic amines is 1. The molecule has 8 nitrogen and oxygen atoms in total. The van der Waals surface area contributed by atoms with Gasteiger partial charge >= 0.3 is 5.97 Å². The van der Waals surface area contributed by atoms with Crippen LogP contribution in [0.5, 0.6) is 0 Å². The zero-order chi connectivity index (χ0) is 20.5. The lowest BCUT2D eigenvalue weighted by atomic mass is 10.1. The molecule has 8 heteroatoms. The zero-order valence-electron chi connectivity index (χ0n) is 15.6. The number of carbonyl (C=O) groups excluding carboxylic acids is 3. The molecule has 3 aromatic rings. The molecule has 0 saturated carbocycles. The lowest BCUT2D eigenvalue weighted by Gasteiger charge is -2.10. The van der Waals surface area contributed by atoms with Crippen molar-refractivity contribution >= 4 is 34.1 Å². The maximum Gasteiger partial charge on any atom is 0.312 e. The van der Waals surface area contributed by atoms with Crippen LogP contribution >= 0.6 is 0 Å². The summed E-state index contributed by atoms with van der Waals surface area (Å²) in [6, 6.07) is 11.8. The van der Waals surface area contributed by atoms with Crippen LogP contribution in [0.1, 0.15) is 21.6 Å². The Morgan fingerprint density at radius 2 is 1.90 bits per heavy atom. The number of anilines is 1. The predicted octanol–water partition coefficient (Wildman–Crippen LogP) is 1.41. The number of esters is 1. The molecule has 0 spiro atoms. The normalized spacial score (nSPS) is 12.9. The standard InChI is InChI=1S/C21H17N3O5/c1-24-17-7-6-12(8-13(17)9-19(24)26)18(25)11-29-20(27)10-16-14-4-2-3-5-15(14)21(28)23-22-16/h2-8H,9-11H2,1H3,(H,23,28). The summed E-state index contributed by atoms with van der Waals surface area (Å²) < 4.78 is 5.11. The third-order valence-electron chi connectivity index (χ3n) is 4.93. The minimum absolute atomic E-state index is 0.0309. The third-order valence-corrected chi connectivity index (χ3v) is 4.93. The first kappa shape index (κ1) is 18.5. The summed E-state index contributed by atoms with van der Waals surface area (Å²) in [5.41, 5.74) is 1.97. The quantitative estimate of drug-likeness (QED) is 0.520. The molecule has 1 amide bonds. The summed E-state index contributed by atoms with van der Waals surface area (Å²) in [5.74, 6) is -1.02. The van der Waals surface area contributed by atoms with Crippen molar-refractivity contribution in [2.45, 2.75) is 12.8 Å². The van der Waals surface area contributed by atoms with Gasteiger partial charge in [0.15, 0.2) is 12.4 Å². The van der Waals surface area contributed by atoms with Gasteiger partial charge in [-0.1, -0.05) is 18.2 Å². The van der Waals surface area contributed by atoms with Gasteiger partial charge in [0.05, 0.1) is 23.9 Å². The van der Waals surface area contributed by atoms with Gasteiger partial charge in [-0.25, -0.2) is 5.10 Å². The molecule has 0 bridgehead atoms. The second-order valence-corrected chi connectivity index (χ2v) is 6.78. The van der Waals surface area contributed by atoms with Gasteiger partial charge in [0.25, 0.3) is 5.56 Å². The van der Waals surface area contributed by atoms with Crippen LogP contribution in [0.15, 0.2) is 47.3 Å². The molecular weight excluding hydrogens is 374 g/mol. The first-order valence-corrected chi connectivity index (χ1v) is 8.98. The Balaban J connectivity index is 1.43. The van der Waals surface area contributed by atoms with Crippen LogP contribution in [0.2, 0.25) is 0 Å². The van der Waals surface area contributed by atoms with Crippen molar-refractivity contribution in [1.82, 2.24) is 10.2 Å². The van der Waals surface area contributed by atoms with Crippen LogP contribution in [-0.2, 0) is 27.2 Å². The third kappa shape index (κ3) is 3.52. The highest BCUT2D eigenvalue weighted by Crippen LogP contribution is 2.28. The molecule has 1 aliphatic heterocycles. The van der Waals surface area contributed by atoms with Gasteiger partial charge in [0.1, 0.15) is 0 Å². The average Bonchev–Trinajstić information content (AvgIpc) is 3.01. The van der Waals surface area contributed by atoms with E-state index in [0.29, 0.717) is 22.0 Å². The van der Waals surface area contributed by atoms with Crippen LogP contribution in [0.3, 0.4) is 0 Å². The number of Topliss-reactive ketones (excluding diaryl/α,β-unsaturated/α-hetero) is 1. The highest BCUT2D eigenvalue weighted by Gasteiger charge is 2.25. The second kappa shape index (κ2) is 7.31. The molecule has 146 valence electrons. The number of H-pyrrole nitrogens is 1. The Hall–Kier alpha value is -3.81. The van der Waals surface area contributed by atoms with Crippen LogP contribution in [0.25, 0.3) is 10.8 Å². The fourth-order valence-electron chi connectivity index (χ4n) is 3.37. The van der Waals surface area contributed by atoms with Gasteiger partial charge < -0.3 is 9.64 Å². The molecule has 4 rings (SSSR count). The van der Waals surface area contributed by atoms with Crippen LogP contribution < -0.4 is 10.5 Å². The summed E-state index contributed by atoms with van der Waals surface area (Å²) >= 11 is 0. The SMILES string of the molecule is CN1C(=O)Cc2cc(C(=O)COC(=O)Cc3n[nH]c(=O)c4ccccc34)ccc21. The van der Waals surface area contributed by atoms with Crippen molar-refractivity contribution in [3.8, 4) is 0 Å². The number of likely N-dealkylation sites (N-methyl/N-ethyl adjacent to an activating group) is 1. The number of amides is 1. The minimum Gasteiger partial charge on any atom is -0.457 e. The lowest BCUT2D eigenvalue weighted by molar-refractivity contribution is -0.141. The number of carbonyl (C=O) groups is 3. The maximum atomic E-state index is 12.4. The van der Waals surface area contributed by atoms with E-state index in [-0.39, 0.29) is 30.1 Å². The fourth-order valence-corrected chi connectivity index (χ4v) is 3.37. The smallest absolute Gasteiger partial charge is 0.312 e. The minimum atomic E-state index is -0.626. The predicted molar refractivity (Wildman–Crippen MR) is 105 cm³/mol. The number of hydrogen-bond acceptors (Lipinski definition) is 6. The van der Waals surface area contributed by atoms with Crippen molar-refractivity contribution < 1.29 is 19.1 Å². The summed E-state index contributed by atoms with van der Waals surface area (Å²) in [6.07, 6.45) is 0.0752. The van der Waals surface area contributed by atoms with E-state index in [2.05, 4.69) is 10.2 Å². The topological polar surface area (TPSA) is 109 Å². The van der Waals surface area contributed by atoms with Gasteiger partial charge in [-0.05, 0) is 29.8 Å². The number of fused-ring (bicyclic) bond motifs is 2. The molecule has 0 aliphatic carbocycles. The molecule has 0 fully saturated rings. The van der Waals surface area contributed by atoms with Gasteiger partial charge in [-0.15, -0.1) is 0 Å². The molecule has 0 unspecified atom stereocenters. The Morgan fingerprint density at radius 3 is 2.69 bits per heavy atom. The number of benzene rings is 2. The summed E-state index contributed by atoms with van der Waals surface area (Å²) in [6.45, 7) is -0.414. The van der Waals surface area contributed by atoms with E-state index in [4.69, 9.17) is 4.74 Å². The summed E-state index contributed by atoms with van der Waals surface area (Å²) in [7, 11) is 1.69. The Labute approximate surface area is 165 Å². The molecule has 2 aromatic carbocycles. The van der Waals surface area contributed by atoms with E-state index >= 15 is 0 Å². The molecule has 0 radical (unpaired) electrons. The first-order valence-electron chi connectivity index (χ1n) is 8.98. The number of rotatable bonds is 5. The summed E-state index contributed by atoms with van der Waals surface area (Å²) in [4.78, 5) is 49.7. The Bertz CT molecular complexity index is 1210. The fraction of sp³-hybridized carbons (Fsp3) is 0.190. The molecular formula is C21H17N3O5. The summed E-state index contributed by atoms with van der Waals surface area (Å²) in [5, 5.41) is 7.28. The lowest BCUT2D eigenvalue weighted by Crippen LogP contribution is -2.20. The monoisotopic (exact) mass is 391 g/mol. The van der Waals surface area contributed by atoms with Crippen LogP contribution in [0.4, 0.5) is 5.69 Å². The Kier molecular flexibility index (Phi) is 4.67. The van der Waals surface area contributed by atoms with Crippen molar-refractivity contribution in [2.75, 3.05) is 18.6 Å². The Morgan fingerprint density at radius 1 is 1.14 bits per heavy atom. The number of hydrogen-bond donors (Lipinski definition) is 1. The van der Waals surface area contributed by atoms with E-state index in [0.717, 1.165) is 11.3 Å². The second-order valence-electron chi connectivity index (χ2n) is 6.78. The van der Waals surface area contributed by atoms with E-state index in [1.54, 1.807) is 54.4 Å². The van der Waals surface area contributed by atoms with Crippen molar-refractivity contribution in [3.05, 3.63) is 69.6 Å². The highest BCUT2D eigenvalue weighted by atomic mass is 16.5. The van der Waals surface area contributed by atoms with Crippen molar-refractivity contribution in [1.29, 1.82) is 0 Å². The van der Waals surface area contributed by atoms with Crippen molar-refractivity contribution in [3.63, 3.8) is 0 Å². The molecule has 29 heavy (non-hydrogen) atoms. The maximum absolute atomic E-state index is 12.4. The molecule has 1 aromatic heterocycles. The van der Waals surface area contributed by atoms with E-state index in [1.807, 2.05) is 0 Å². The first-order chi connectivity index (χ1) is 13.9. The number of aromatic nitrogens is 2. The van der Waals surface area contributed by atoms with Crippen LogP contribution in [-0.4, -0.2) is 41.5 Å². The van der Waals surface area contributed by atoms with Crippen molar-refractivity contribution in [2.24, 2.45) is 0 Å². The number of nitrogens with zero attached hydrogens (tertiary/aromatic N) is 2. The van der Waals surface area contributed by atoms with E-state index < -0.39 is 12.6 Å². The van der Waals surface area contributed by atoms with Gasteiger partial charge in [-0.2, -0.15) is 5.10 Å². The van der Waals surface area contributed by atoms with Crippen LogP contribution in [0, 0.1) is 0 Å². The van der Waals surface area contributed by atoms with E-state index in [1.165, 1.54) is 0 Å². The number of ketones is 1. The largest absolute Gasteiger partial charge is 0.457 e. The molecule has 1 aliphatic rings. The molecule has 1 N–H and O–H groups in total.